The molecule has 158 valence electrons. The fraction of sp³-hybridized carbons (Fsp3) is 0.476. The minimum Gasteiger partial charge on any atom is -0.384 e. The Morgan fingerprint density at radius 1 is 1.17 bits per heavy atom. The molecule has 0 unspecified atom stereocenters. The van der Waals surface area contributed by atoms with E-state index in [9.17, 15) is 4.79 Å². The van der Waals surface area contributed by atoms with Gasteiger partial charge in [0.2, 0.25) is 0 Å². The summed E-state index contributed by atoms with van der Waals surface area (Å²) >= 11 is 0. The van der Waals surface area contributed by atoms with Gasteiger partial charge in [-0.3, -0.25) is 4.79 Å². The van der Waals surface area contributed by atoms with Crippen LogP contribution in [0.1, 0.15) is 48.2 Å². The van der Waals surface area contributed by atoms with Crippen LogP contribution in [0.5, 0.6) is 0 Å². The van der Waals surface area contributed by atoms with Gasteiger partial charge < -0.3 is 20.7 Å². The van der Waals surface area contributed by atoms with Crippen LogP contribution in [0.25, 0.3) is 0 Å². The maximum Gasteiger partial charge on any atom is 0.255 e. The number of carbonyl (C=O) groups excluding carboxylic acids is 1. The highest BCUT2D eigenvalue weighted by atomic mass is 16.5. The Labute approximate surface area is 176 Å². The molecule has 1 aliphatic rings. The number of pyridine rings is 1. The lowest BCUT2D eigenvalue weighted by Crippen LogP contribution is -2.28. The molecular weight excluding hydrogens is 382 g/mol. The first-order valence-electron chi connectivity index (χ1n) is 10.2. The number of anilines is 3. The van der Waals surface area contributed by atoms with Crippen molar-refractivity contribution in [3.8, 4) is 6.07 Å². The standard InChI is InChI=1S/C21H27N7O2/c1-30-8-7-23-21(29)17-13-27-19(28-20-14-24-16(10-22)12-26-20)9-18(17)25-11-15-5-3-2-4-6-15/h9,12-15H,2-8,11H2,1H3,(H,23,29)(H2,25,26,27,28). The second-order valence-corrected chi connectivity index (χ2v) is 7.27. The van der Waals surface area contributed by atoms with E-state index in [1.54, 1.807) is 19.4 Å². The van der Waals surface area contributed by atoms with Crippen LogP contribution < -0.4 is 16.0 Å². The third-order valence-corrected chi connectivity index (χ3v) is 5.07. The van der Waals surface area contributed by atoms with Gasteiger partial charge in [-0.2, -0.15) is 5.26 Å². The first kappa shape index (κ1) is 21.5. The predicted octanol–water partition coefficient (Wildman–Crippen LogP) is 2.86. The zero-order valence-corrected chi connectivity index (χ0v) is 17.1. The van der Waals surface area contributed by atoms with Crippen molar-refractivity contribution in [1.29, 1.82) is 5.26 Å². The largest absolute Gasteiger partial charge is 0.384 e. The van der Waals surface area contributed by atoms with E-state index in [1.165, 1.54) is 44.5 Å². The summed E-state index contributed by atoms with van der Waals surface area (Å²) in [7, 11) is 1.59. The number of nitrogens with one attached hydrogen (secondary N) is 3. The lowest BCUT2D eigenvalue weighted by Gasteiger charge is -2.23. The molecule has 1 aliphatic carbocycles. The maximum absolute atomic E-state index is 12.6. The second-order valence-electron chi connectivity index (χ2n) is 7.27. The van der Waals surface area contributed by atoms with Crippen molar-refractivity contribution in [1.82, 2.24) is 20.3 Å². The summed E-state index contributed by atoms with van der Waals surface area (Å²) in [4.78, 5) is 25.1. The fourth-order valence-corrected chi connectivity index (χ4v) is 3.44. The summed E-state index contributed by atoms with van der Waals surface area (Å²) < 4.78 is 5.00. The van der Waals surface area contributed by atoms with E-state index in [1.807, 2.05) is 6.07 Å². The Morgan fingerprint density at radius 3 is 2.67 bits per heavy atom. The van der Waals surface area contributed by atoms with Crippen molar-refractivity contribution in [3.63, 3.8) is 0 Å². The molecule has 0 aromatic carbocycles. The summed E-state index contributed by atoms with van der Waals surface area (Å²) in [6.07, 6.45) is 10.7. The average molecular weight is 409 g/mol. The summed E-state index contributed by atoms with van der Waals surface area (Å²) in [6, 6.07) is 3.74. The van der Waals surface area contributed by atoms with E-state index >= 15 is 0 Å². The molecule has 30 heavy (non-hydrogen) atoms. The summed E-state index contributed by atoms with van der Waals surface area (Å²) in [5, 5.41) is 18.2. The highest BCUT2D eigenvalue weighted by Gasteiger charge is 2.17. The van der Waals surface area contributed by atoms with E-state index in [0.29, 0.717) is 36.3 Å². The Kier molecular flexibility index (Phi) is 7.92. The molecule has 2 aromatic rings. The molecule has 0 atom stereocenters. The third kappa shape index (κ3) is 6.12. The topological polar surface area (TPSA) is 125 Å². The number of hydrogen-bond acceptors (Lipinski definition) is 8. The number of carbonyl (C=O) groups is 1. The molecule has 3 N–H and O–H groups in total. The van der Waals surface area contributed by atoms with Crippen LogP contribution in [0, 0.1) is 17.2 Å². The smallest absolute Gasteiger partial charge is 0.255 e. The SMILES string of the molecule is COCCNC(=O)c1cnc(Nc2cnc(C#N)cn2)cc1NCC1CCCCC1. The summed E-state index contributed by atoms with van der Waals surface area (Å²) in [5.74, 6) is 1.41. The zero-order valence-electron chi connectivity index (χ0n) is 17.1. The lowest BCUT2D eigenvalue weighted by atomic mass is 9.89. The lowest BCUT2D eigenvalue weighted by molar-refractivity contribution is 0.0937. The van der Waals surface area contributed by atoms with Gasteiger partial charge >= 0.3 is 0 Å². The van der Waals surface area contributed by atoms with Crippen LogP contribution in [0.4, 0.5) is 17.3 Å². The summed E-state index contributed by atoms with van der Waals surface area (Å²) in [5.41, 5.74) is 1.44. The Balaban J connectivity index is 1.75. The quantitative estimate of drug-likeness (QED) is 0.540. The van der Waals surface area contributed by atoms with Gasteiger partial charge in [-0.1, -0.05) is 19.3 Å². The van der Waals surface area contributed by atoms with Crippen molar-refractivity contribution >= 4 is 23.2 Å². The van der Waals surface area contributed by atoms with E-state index in [0.717, 1.165) is 12.2 Å². The van der Waals surface area contributed by atoms with Crippen LogP contribution in [0.2, 0.25) is 0 Å². The van der Waals surface area contributed by atoms with Crippen LogP contribution in [0.15, 0.2) is 24.7 Å². The molecule has 3 rings (SSSR count). The van der Waals surface area contributed by atoms with Gasteiger partial charge in [0.05, 0.1) is 30.3 Å². The molecule has 0 saturated heterocycles. The molecule has 1 saturated carbocycles. The maximum atomic E-state index is 12.6. The van der Waals surface area contributed by atoms with Crippen LogP contribution in [-0.4, -0.2) is 47.7 Å². The van der Waals surface area contributed by atoms with Gasteiger partial charge in [0.15, 0.2) is 5.69 Å². The fourth-order valence-electron chi connectivity index (χ4n) is 3.44. The van der Waals surface area contributed by atoms with Gasteiger partial charge in [0.25, 0.3) is 5.91 Å². The molecule has 0 radical (unpaired) electrons. The van der Waals surface area contributed by atoms with E-state index in [2.05, 4.69) is 30.9 Å². The van der Waals surface area contributed by atoms with E-state index < -0.39 is 0 Å². The summed E-state index contributed by atoms with van der Waals surface area (Å²) in [6.45, 7) is 1.69. The van der Waals surface area contributed by atoms with Gasteiger partial charge in [-0.05, 0) is 18.8 Å². The van der Waals surface area contributed by atoms with E-state index in [4.69, 9.17) is 10.00 Å². The van der Waals surface area contributed by atoms with Gasteiger partial charge in [0, 0.05) is 32.5 Å². The van der Waals surface area contributed by atoms with Crippen molar-refractivity contribution in [3.05, 3.63) is 35.9 Å². The Morgan fingerprint density at radius 2 is 1.97 bits per heavy atom. The number of nitrogens with zero attached hydrogens (tertiary/aromatic N) is 4. The predicted molar refractivity (Wildman–Crippen MR) is 114 cm³/mol. The first-order chi connectivity index (χ1) is 14.7. The Bertz CT molecular complexity index is 874. The number of hydrogen-bond donors (Lipinski definition) is 3. The van der Waals surface area contributed by atoms with E-state index in [-0.39, 0.29) is 11.6 Å². The van der Waals surface area contributed by atoms with Crippen LogP contribution in [-0.2, 0) is 4.74 Å². The van der Waals surface area contributed by atoms with Gasteiger partial charge in [-0.25, -0.2) is 15.0 Å². The average Bonchev–Trinajstić information content (AvgIpc) is 2.79. The molecule has 0 aliphatic heterocycles. The highest BCUT2D eigenvalue weighted by molar-refractivity contribution is 5.99. The molecule has 1 fully saturated rings. The molecule has 9 nitrogen and oxygen atoms in total. The molecular formula is C21H27N7O2. The number of ether oxygens (including phenoxy) is 1. The third-order valence-electron chi connectivity index (χ3n) is 5.07. The molecule has 2 heterocycles. The van der Waals surface area contributed by atoms with Crippen LogP contribution in [0.3, 0.4) is 0 Å². The molecule has 1 amide bonds. The van der Waals surface area contributed by atoms with Gasteiger partial charge in [-0.15, -0.1) is 0 Å². The van der Waals surface area contributed by atoms with Crippen molar-refractivity contribution in [2.24, 2.45) is 5.92 Å². The monoisotopic (exact) mass is 409 g/mol. The first-order valence-corrected chi connectivity index (χ1v) is 10.2. The number of aromatic nitrogens is 3. The molecule has 9 heteroatoms. The number of methoxy groups -OCH3 is 1. The van der Waals surface area contributed by atoms with Crippen molar-refractivity contribution in [2.45, 2.75) is 32.1 Å². The Hall–Kier alpha value is -3.25. The molecule has 2 aromatic heterocycles. The molecule has 0 spiro atoms. The highest BCUT2D eigenvalue weighted by Crippen LogP contribution is 2.26. The zero-order chi connectivity index (χ0) is 21.2. The number of nitriles is 1. The second kappa shape index (κ2) is 11.1. The minimum atomic E-state index is -0.199. The molecule has 0 bridgehead atoms. The number of amides is 1. The van der Waals surface area contributed by atoms with Crippen molar-refractivity contribution in [2.75, 3.05) is 37.4 Å². The minimum absolute atomic E-state index is 0.199. The van der Waals surface area contributed by atoms with Crippen LogP contribution >= 0.6 is 0 Å². The van der Waals surface area contributed by atoms with Gasteiger partial charge in [0.1, 0.15) is 17.7 Å². The normalized spacial score (nSPS) is 14.0. The number of rotatable bonds is 9. The van der Waals surface area contributed by atoms with Crippen molar-refractivity contribution < 1.29 is 9.53 Å².